The van der Waals surface area contributed by atoms with Crippen molar-refractivity contribution in [2.24, 2.45) is 0 Å². The largest absolute Gasteiger partial charge is 0.508 e. The Kier molecular flexibility index (Phi) is 7.97. The lowest BCUT2D eigenvalue weighted by Crippen LogP contribution is -1.89. The van der Waals surface area contributed by atoms with Crippen molar-refractivity contribution in [2.45, 2.75) is 37.4 Å². The number of halogens is 1. The third-order valence-corrected chi connectivity index (χ3v) is 3.30. The lowest BCUT2D eigenvalue weighted by Gasteiger charge is -2.09. The van der Waals surface area contributed by atoms with Crippen LogP contribution in [-0.4, -0.2) is 5.11 Å². The van der Waals surface area contributed by atoms with Gasteiger partial charge in [0.25, 0.3) is 0 Å². The molecule has 0 bridgehead atoms. The quantitative estimate of drug-likeness (QED) is 0.624. The van der Waals surface area contributed by atoms with E-state index >= 15 is 0 Å². The zero-order valence-corrected chi connectivity index (χ0v) is 11.6. The topological polar surface area (TPSA) is 20.2 Å². The van der Waals surface area contributed by atoms with Gasteiger partial charge in [-0.2, -0.15) is 13.5 Å². The number of hydrogen-bond donors (Lipinski definition) is 1. The highest BCUT2D eigenvalue weighted by molar-refractivity contribution is 9.09. The molecule has 86 valence electrons. The van der Waals surface area contributed by atoms with Crippen LogP contribution in [0.4, 0.5) is 0 Å². The molecule has 1 aromatic rings. The molecule has 0 radical (unpaired) electrons. The van der Waals surface area contributed by atoms with E-state index in [9.17, 15) is 0 Å². The molecule has 0 aromatic heterocycles. The molecule has 15 heavy (non-hydrogen) atoms. The highest BCUT2D eigenvalue weighted by Gasteiger charge is 2.06. The van der Waals surface area contributed by atoms with Crippen LogP contribution < -0.4 is 0 Å². The molecule has 3 heteroatoms. The molecule has 0 spiro atoms. The zero-order chi connectivity index (χ0) is 10.4. The van der Waals surface area contributed by atoms with Gasteiger partial charge in [0.2, 0.25) is 0 Å². The summed E-state index contributed by atoms with van der Waals surface area (Å²) >= 11 is 3.66. The van der Waals surface area contributed by atoms with Crippen LogP contribution in [0.25, 0.3) is 0 Å². The van der Waals surface area contributed by atoms with Gasteiger partial charge in [0.05, 0.1) is 0 Å². The molecule has 1 rings (SSSR count). The molecular weight excluding hydrogens is 272 g/mol. The Morgan fingerprint density at radius 3 is 2.33 bits per heavy atom. The maximum atomic E-state index is 9.14. The SMILES string of the molecule is CCCCCC(Br)c1ccc(O)cc1.S. The first-order chi connectivity index (χ1) is 6.74. The first-order valence-electron chi connectivity index (χ1n) is 5.17. The molecule has 1 unspecified atom stereocenters. The number of phenolic OH excluding ortho intramolecular Hbond substituents is 1. The Labute approximate surface area is 107 Å². The fourth-order valence-electron chi connectivity index (χ4n) is 1.42. The molecule has 0 fully saturated rings. The summed E-state index contributed by atoms with van der Waals surface area (Å²) in [6.07, 6.45) is 4.97. The second kappa shape index (κ2) is 8.05. The van der Waals surface area contributed by atoms with Crippen molar-refractivity contribution < 1.29 is 5.11 Å². The minimum absolute atomic E-state index is 0. The average Bonchev–Trinajstić information content (AvgIpc) is 2.19. The van der Waals surface area contributed by atoms with Crippen molar-refractivity contribution in [3.8, 4) is 5.75 Å². The van der Waals surface area contributed by atoms with Crippen LogP contribution in [-0.2, 0) is 0 Å². The van der Waals surface area contributed by atoms with Crippen LogP contribution in [0.15, 0.2) is 24.3 Å². The van der Waals surface area contributed by atoms with E-state index in [4.69, 9.17) is 5.11 Å². The monoisotopic (exact) mass is 290 g/mol. The maximum absolute atomic E-state index is 9.14. The number of hydrogen-bond acceptors (Lipinski definition) is 1. The van der Waals surface area contributed by atoms with E-state index in [2.05, 4.69) is 22.9 Å². The fourth-order valence-corrected chi connectivity index (χ4v) is 2.05. The molecule has 0 saturated heterocycles. The predicted molar refractivity (Wildman–Crippen MR) is 74.3 cm³/mol. The van der Waals surface area contributed by atoms with Crippen LogP contribution in [0, 0.1) is 0 Å². The van der Waals surface area contributed by atoms with Gasteiger partial charge >= 0.3 is 0 Å². The van der Waals surface area contributed by atoms with Gasteiger partial charge < -0.3 is 5.11 Å². The smallest absolute Gasteiger partial charge is 0.115 e. The van der Waals surface area contributed by atoms with Gasteiger partial charge in [-0.05, 0) is 24.1 Å². The third kappa shape index (κ3) is 5.47. The fraction of sp³-hybridized carbons (Fsp3) is 0.500. The van der Waals surface area contributed by atoms with E-state index in [1.807, 2.05) is 12.1 Å². The third-order valence-electron chi connectivity index (χ3n) is 2.32. The summed E-state index contributed by atoms with van der Waals surface area (Å²) in [4.78, 5) is 0.426. The van der Waals surface area contributed by atoms with Crippen molar-refractivity contribution in [1.82, 2.24) is 0 Å². The Balaban J connectivity index is 0.00000196. The zero-order valence-electron chi connectivity index (χ0n) is 9.04. The summed E-state index contributed by atoms with van der Waals surface area (Å²) in [6.45, 7) is 2.21. The summed E-state index contributed by atoms with van der Waals surface area (Å²) in [5.41, 5.74) is 1.25. The van der Waals surface area contributed by atoms with E-state index < -0.39 is 0 Å². The van der Waals surface area contributed by atoms with E-state index in [0.717, 1.165) is 0 Å². The van der Waals surface area contributed by atoms with Crippen LogP contribution in [0.2, 0.25) is 0 Å². The summed E-state index contributed by atoms with van der Waals surface area (Å²) < 4.78 is 0. The van der Waals surface area contributed by atoms with Crippen molar-refractivity contribution >= 4 is 29.4 Å². The average molecular weight is 291 g/mol. The number of aromatic hydroxyl groups is 1. The summed E-state index contributed by atoms with van der Waals surface area (Å²) in [7, 11) is 0. The van der Waals surface area contributed by atoms with Gasteiger partial charge in [-0.3, -0.25) is 0 Å². The molecule has 1 N–H and O–H groups in total. The summed E-state index contributed by atoms with van der Waals surface area (Å²) in [6, 6.07) is 7.42. The highest BCUT2D eigenvalue weighted by atomic mass is 79.9. The normalized spacial score (nSPS) is 11.9. The number of unbranched alkanes of at least 4 members (excludes halogenated alkanes) is 2. The molecule has 0 heterocycles. The van der Waals surface area contributed by atoms with Crippen molar-refractivity contribution in [3.05, 3.63) is 29.8 Å². The van der Waals surface area contributed by atoms with Gasteiger partial charge in [-0.25, -0.2) is 0 Å². The molecule has 1 nitrogen and oxygen atoms in total. The second-order valence-electron chi connectivity index (χ2n) is 3.55. The number of benzene rings is 1. The standard InChI is InChI=1S/C12H17BrO.H2S/c1-2-3-4-5-12(13)10-6-8-11(14)9-7-10;/h6-9,12,14H,2-5H2,1H3;1H2. The molecule has 0 aliphatic heterocycles. The molecule has 0 saturated carbocycles. The van der Waals surface area contributed by atoms with Gasteiger partial charge in [-0.1, -0.05) is 54.2 Å². The van der Waals surface area contributed by atoms with Gasteiger partial charge in [0.1, 0.15) is 5.75 Å². The van der Waals surface area contributed by atoms with E-state index in [0.29, 0.717) is 10.6 Å². The second-order valence-corrected chi connectivity index (χ2v) is 4.66. The minimum Gasteiger partial charge on any atom is -0.508 e. The number of alkyl halides is 1. The molecule has 0 aliphatic rings. The van der Waals surface area contributed by atoms with Crippen LogP contribution in [0.3, 0.4) is 0 Å². The lowest BCUT2D eigenvalue weighted by atomic mass is 10.1. The molecule has 1 atom stereocenters. The minimum atomic E-state index is 0. The molecule has 1 aromatic carbocycles. The van der Waals surface area contributed by atoms with Gasteiger partial charge in [0, 0.05) is 4.83 Å². The highest BCUT2D eigenvalue weighted by Crippen LogP contribution is 2.29. The van der Waals surface area contributed by atoms with Crippen molar-refractivity contribution in [1.29, 1.82) is 0 Å². The van der Waals surface area contributed by atoms with E-state index in [1.165, 1.54) is 31.2 Å². The van der Waals surface area contributed by atoms with Crippen molar-refractivity contribution in [3.63, 3.8) is 0 Å². The maximum Gasteiger partial charge on any atom is 0.115 e. The summed E-state index contributed by atoms with van der Waals surface area (Å²) in [5, 5.41) is 9.14. The summed E-state index contributed by atoms with van der Waals surface area (Å²) in [5.74, 6) is 0.335. The predicted octanol–water partition coefficient (Wildman–Crippen LogP) is 4.52. The first-order valence-corrected chi connectivity index (χ1v) is 6.08. The van der Waals surface area contributed by atoms with Gasteiger partial charge in [-0.15, -0.1) is 0 Å². The Bertz CT molecular complexity index is 261. The van der Waals surface area contributed by atoms with Gasteiger partial charge in [0.15, 0.2) is 0 Å². The van der Waals surface area contributed by atoms with Crippen LogP contribution in [0.1, 0.15) is 43.0 Å². The first kappa shape index (κ1) is 14.8. The van der Waals surface area contributed by atoms with Crippen LogP contribution in [0.5, 0.6) is 5.75 Å². The van der Waals surface area contributed by atoms with Crippen LogP contribution >= 0.6 is 29.4 Å². The Morgan fingerprint density at radius 2 is 1.80 bits per heavy atom. The number of rotatable bonds is 5. The molecule has 0 aliphatic carbocycles. The van der Waals surface area contributed by atoms with Crippen molar-refractivity contribution in [2.75, 3.05) is 0 Å². The van der Waals surface area contributed by atoms with E-state index in [1.54, 1.807) is 12.1 Å². The Morgan fingerprint density at radius 1 is 1.20 bits per heavy atom. The molecular formula is C12H19BrOS. The lowest BCUT2D eigenvalue weighted by molar-refractivity contribution is 0.475. The number of phenols is 1. The Hall–Kier alpha value is -0.150. The van der Waals surface area contributed by atoms with E-state index in [-0.39, 0.29) is 13.5 Å². The molecule has 0 amide bonds.